The molecule has 6 nitrogen and oxygen atoms in total. The van der Waals surface area contributed by atoms with Crippen LogP contribution in [0, 0.1) is 25.5 Å². The van der Waals surface area contributed by atoms with Gasteiger partial charge < -0.3 is 10.6 Å². The number of hydrogen-bond acceptors (Lipinski definition) is 3. The predicted octanol–water partition coefficient (Wildman–Crippen LogP) is 2.91. The Morgan fingerprint density at radius 1 is 1.07 bits per heavy atom. The number of amides is 2. The molecule has 0 saturated heterocycles. The number of para-hydroxylation sites is 1. The maximum absolute atomic E-state index is 13.6. The third-order valence-electron chi connectivity index (χ3n) is 4.87. The van der Waals surface area contributed by atoms with Gasteiger partial charge in [0.1, 0.15) is 6.04 Å². The summed E-state index contributed by atoms with van der Waals surface area (Å²) in [5.41, 5.74) is 3.25. The molecule has 0 radical (unpaired) electrons. The maximum atomic E-state index is 13.6. The van der Waals surface area contributed by atoms with E-state index in [9.17, 15) is 18.4 Å². The summed E-state index contributed by atoms with van der Waals surface area (Å²) in [5.74, 6) is -3.10. The van der Waals surface area contributed by atoms with Crippen molar-refractivity contribution in [1.82, 2.24) is 20.4 Å². The fraction of sp³-hybridized carbons (Fsp3) is 0.227. The van der Waals surface area contributed by atoms with E-state index in [1.807, 2.05) is 37.3 Å². The third-order valence-corrected chi connectivity index (χ3v) is 4.87. The van der Waals surface area contributed by atoms with Crippen molar-refractivity contribution in [2.45, 2.75) is 26.3 Å². The van der Waals surface area contributed by atoms with Crippen LogP contribution < -0.4 is 10.6 Å². The number of likely N-dealkylation sites (N-methyl/N-ethyl adjacent to an activating group) is 1. The molecule has 3 rings (SSSR count). The van der Waals surface area contributed by atoms with E-state index >= 15 is 0 Å². The molecule has 2 aromatic carbocycles. The summed E-state index contributed by atoms with van der Waals surface area (Å²) in [4.78, 5) is 25.0. The molecule has 0 spiro atoms. The van der Waals surface area contributed by atoms with Gasteiger partial charge in [0.05, 0.1) is 17.8 Å². The first-order valence-corrected chi connectivity index (χ1v) is 9.38. The van der Waals surface area contributed by atoms with Gasteiger partial charge in [0, 0.05) is 18.3 Å². The average Bonchev–Trinajstić information content (AvgIpc) is 3.02. The summed E-state index contributed by atoms with van der Waals surface area (Å²) < 4.78 is 28.6. The minimum atomic E-state index is -1.15. The summed E-state index contributed by atoms with van der Waals surface area (Å²) in [6, 6.07) is 11.5. The molecule has 2 N–H and O–H groups in total. The van der Waals surface area contributed by atoms with E-state index in [-0.39, 0.29) is 12.0 Å². The lowest BCUT2D eigenvalue weighted by molar-refractivity contribution is -0.128. The van der Waals surface area contributed by atoms with Crippen LogP contribution in [-0.2, 0) is 16.0 Å². The topological polar surface area (TPSA) is 76.0 Å². The van der Waals surface area contributed by atoms with Crippen molar-refractivity contribution in [1.29, 1.82) is 0 Å². The molecule has 156 valence electrons. The number of carbonyl (C=O) groups is 2. The number of nitrogens with zero attached hydrogens (tertiary/aromatic N) is 2. The lowest BCUT2D eigenvalue weighted by Gasteiger charge is -2.18. The number of nitrogens with one attached hydrogen (secondary N) is 2. The lowest BCUT2D eigenvalue weighted by atomic mass is 10.0. The number of aryl methyl sites for hydroxylation is 1. The predicted molar refractivity (Wildman–Crippen MR) is 108 cm³/mol. The van der Waals surface area contributed by atoms with Gasteiger partial charge in [0.15, 0.2) is 11.6 Å². The highest BCUT2D eigenvalue weighted by atomic mass is 19.2. The Morgan fingerprint density at radius 2 is 1.77 bits per heavy atom. The molecule has 0 aliphatic heterocycles. The minimum Gasteiger partial charge on any atom is -0.357 e. The van der Waals surface area contributed by atoms with Gasteiger partial charge in [-0.3, -0.25) is 9.59 Å². The van der Waals surface area contributed by atoms with Gasteiger partial charge in [0.25, 0.3) is 0 Å². The first kappa shape index (κ1) is 21.2. The van der Waals surface area contributed by atoms with E-state index in [0.29, 0.717) is 5.69 Å². The van der Waals surface area contributed by atoms with Crippen LogP contribution in [0.5, 0.6) is 0 Å². The molecule has 0 bridgehead atoms. The van der Waals surface area contributed by atoms with Crippen molar-refractivity contribution in [3.05, 3.63) is 82.7 Å². The summed E-state index contributed by atoms with van der Waals surface area (Å²) in [6.07, 6.45) is -0.0122. The van der Waals surface area contributed by atoms with Crippen LogP contribution in [0.4, 0.5) is 8.78 Å². The van der Waals surface area contributed by atoms with Crippen LogP contribution in [0.25, 0.3) is 5.69 Å². The van der Waals surface area contributed by atoms with Crippen molar-refractivity contribution in [3.63, 3.8) is 0 Å². The number of hydrogen-bond donors (Lipinski definition) is 2. The first-order valence-electron chi connectivity index (χ1n) is 9.38. The second kappa shape index (κ2) is 8.86. The van der Waals surface area contributed by atoms with E-state index in [4.69, 9.17) is 0 Å². The molecule has 0 saturated carbocycles. The van der Waals surface area contributed by atoms with Crippen LogP contribution >= 0.6 is 0 Å². The van der Waals surface area contributed by atoms with E-state index in [1.54, 1.807) is 11.6 Å². The maximum Gasteiger partial charge on any atom is 0.246 e. The van der Waals surface area contributed by atoms with Crippen molar-refractivity contribution in [2.75, 3.05) is 7.05 Å². The molecule has 3 aromatic rings. The molecule has 2 amide bonds. The molecule has 1 aromatic heterocycles. The molecule has 0 fully saturated rings. The second-order valence-electron chi connectivity index (χ2n) is 6.86. The molecule has 0 aliphatic rings. The van der Waals surface area contributed by atoms with Crippen LogP contribution in [0.2, 0.25) is 0 Å². The van der Waals surface area contributed by atoms with Crippen molar-refractivity contribution < 1.29 is 18.4 Å². The number of benzene rings is 2. The Kier molecular flexibility index (Phi) is 6.25. The van der Waals surface area contributed by atoms with Gasteiger partial charge in [-0.05, 0) is 43.7 Å². The molecule has 8 heteroatoms. The highest BCUT2D eigenvalue weighted by Crippen LogP contribution is 2.20. The van der Waals surface area contributed by atoms with Gasteiger partial charge in [-0.25, -0.2) is 13.5 Å². The van der Waals surface area contributed by atoms with E-state index < -0.39 is 29.5 Å². The monoisotopic (exact) mass is 412 g/mol. The van der Waals surface area contributed by atoms with Gasteiger partial charge in [0.2, 0.25) is 11.8 Å². The number of carbonyl (C=O) groups excluding carboxylic acids is 2. The Bertz CT molecular complexity index is 1080. The highest BCUT2D eigenvalue weighted by Gasteiger charge is 2.24. The number of rotatable bonds is 6. The van der Waals surface area contributed by atoms with Crippen LogP contribution in [-0.4, -0.2) is 28.6 Å². The summed E-state index contributed by atoms with van der Waals surface area (Å²) >= 11 is 0. The molecular weight excluding hydrogens is 390 g/mol. The van der Waals surface area contributed by atoms with E-state index in [1.165, 1.54) is 13.1 Å². The first-order chi connectivity index (χ1) is 14.3. The van der Waals surface area contributed by atoms with Crippen LogP contribution in [0.15, 0.2) is 48.5 Å². The standard InChI is InChI=1S/C22H22F2N4O2/c1-13-17(14(2)28(27-13)16-7-5-4-6-8-16)12-20(29)26-21(22(30)25-3)15-9-10-18(23)19(24)11-15/h4-11,21H,12H2,1-3H3,(H,25,30)(H,26,29). The Morgan fingerprint density at radius 3 is 2.40 bits per heavy atom. The van der Waals surface area contributed by atoms with Crippen molar-refractivity contribution in [3.8, 4) is 5.69 Å². The zero-order chi connectivity index (χ0) is 21.8. The Labute approximate surface area is 172 Å². The molecule has 1 unspecified atom stereocenters. The van der Waals surface area contributed by atoms with E-state index in [2.05, 4.69) is 15.7 Å². The molecule has 30 heavy (non-hydrogen) atoms. The quantitative estimate of drug-likeness (QED) is 0.654. The Hall–Kier alpha value is -3.55. The largest absolute Gasteiger partial charge is 0.357 e. The number of aromatic nitrogens is 2. The summed E-state index contributed by atoms with van der Waals surface area (Å²) in [6.45, 7) is 3.67. The van der Waals surface area contributed by atoms with Gasteiger partial charge in [-0.2, -0.15) is 5.10 Å². The van der Waals surface area contributed by atoms with Crippen molar-refractivity contribution >= 4 is 11.8 Å². The SMILES string of the molecule is CNC(=O)C(NC(=O)Cc1c(C)nn(-c2ccccc2)c1C)c1ccc(F)c(F)c1. The zero-order valence-corrected chi connectivity index (χ0v) is 16.9. The minimum absolute atomic E-state index is 0.0122. The van der Waals surface area contributed by atoms with Crippen molar-refractivity contribution in [2.24, 2.45) is 0 Å². The normalized spacial score (nSPS) is 11.8. The Balaban J connectivity index is 1.83. The molecular formula is C22H22F2N4O2. The zero-order valence-electron chi connectivity index (χ0n) is 16.9. The lowest BCUT2D eigenvalue weighted by Crippen LogP contribution is -2.39. The van der Waals surface area contributed by atoms with Gasteiger partial charge >= 0.3 is 0 Å². The number of halogens is 2. The fourth-order valence-corrected chi connectivity index (χ4v) is 3.26. The molecule has 0 aliphatic carbocycles. The molecule has 1 atom stereocenters. The van der Waals surface area contributed by atoms with Gasteiger partial charge in [-0.15, -0.1) is 0 Å². The van der Waals surface area contributed by atoms with Crippen LogP contribution in [0.3, 0.4) is 0 Å². The second-order valence-corrected chi connectivity index (χ2v) is 6.86. The fourth-order valence-electron chi connectivity index (χ4n) is 3.26. The molecule has 1 heterocycles. The highest BCUT2D eigenvalue weighted by molar-refractivity contribution is 5.89. The smallest absolute Gasteiger partial charge is 0.246 e. The average molecular weight is 412 g/mol. The van der Waals surface area contributed by atoms with E-state index in [0.717, 1.165) is 29.1 Å². The van der Waals surface area contributed by atoms with Crippen LogP contribution in [0.1, 0.15) is 28.6 Å². The summed E-state index contributed by atoms with van der Waals surface area (Å²) in [7, 11) is 1.40. The summed E-state index contributed by atoms with van der Waals surface area (Å²) in [5, 5.41) is 9.54. The van der Waals surface area contributed by atoms with Gasteiger partial charge in [-0.1, -0.05) is 24.3 Å². The third kappa shape index (κ3) is 4.37.